The van der Waals surface area contributed by atoms with Crippen molar-refractivity contribution in [2.24, 2.45) is 0 Å². The lowest BCUT2D eigenvalue weighted by Gasteiger charge is -2.30. The summed E-state index contributed by atoms with van der Waals surface area (Å²) in [6, 6.07) is 8.89. The Balaban J connectivity index is 1.36. The van der Waals surface area contributed by atoms with Crippen LogP contribution in [-0.4, -0.2) is 37.2 Å². The highest BCUT2D eigenvalue weighted by atomic mass is 32.1. The van der Waals surface area contributed by atoms with Crippen molar-refractivity contribution in [1.82, 2.24) is 4.90 Å². The Morgan fingerprint density at radius 2 is 1.64 bits per heavy atom. The fraction of sp³-hybridized carbons (Fsp3) is 0.524. The van der Waals surface area contributed by atoms with Gasteiger partial charge in [-0.3, -0.25) is 0 Å². The maximum Gasteiger partial charge on any atom is 0.0597 e. The number of ether oxygens (including phenoxy) is 1. The van der Waals surface area contributed by atoms with Crippen molar-refractivity contribution in [1.29, 1.82) is 0 Å². The minimum absolute atomic E-state index is 0.546. The van der Waals surface area contributed by atoms with E-state index in [2.05, 4.69) is 39.9 Å². The van der Waals surface area contributed by atoms with Crippen LogP contribution < -0.4 is 0 Å². The molecule has 4 heteroatoms. The van der Waals surface area contributed by atoms with Gasteiger partial charge in [-0.2, -0.15) is 0 Å². The van der Waals surface area contributed by atoms with Crippen LogP contribution in [0, 0.1) is 0 Å². The van der Waals surface area contributed by atoms with Gasteiger partial charge in [0.05, 0.1) is 12.7 Å². The smallest absolute Gasteiger partial charge is 0.0597 e. The van der Waals surface area contributed by atoms with Crippen LogP contribution in [0.1, 0.15) is 48.3 Å². The molecular weight excluding hydrogens is 346 g/mol. The monoisotopic (exact) mass is 373 g/mol. The molecule has 25 heavy (non-hydrogen) atoms. The van der Waals surface area contributed by atoms with Gasteiger partial charge in [-0.1, -0.05) is 30.5 Å². The zero-order chi connectivity index (χ0) is 16.9. The summed E-state index contributed by atoms with van der Waals surface area (Å²) in [6.45, 7) is 4.34. The number of likely N-dealkylation sites (tertiary alicyclic amines) is 1. The third-order valence-electron chi connectivity index (χ3n) is 5.41. The van der Waals surface area contributed by atoms with E-state index in [0.29, 0.717) is 6.10 Å². The topological polar surface area (TPSA) is 12.5 Å². The molecule has 0 amide bonds. The fourth-order valence-corrected chi connectivity index (χ4v) is 5.74. The van der Waals surface area contributed by atoms with E-state index < -0.39 is 0 Å². The van der Waals surface area contributed by atoms with Gasteiger partial charge in [0.25, 0.3) is 0 Å². The van der Waals surface area contributed by atoms with Crippen molar-refractivity contribution in [2.45, 2.75) is 44.6 Å². The normalized spacial score (nSPS) is 19.6. The second kappa shape index (κ2) is 8.63. The zero-order valence-corrected chi connectivity index (χ0v) is 16.4. The Labute approximate surface area is 159 Å². The Kier molecular flexibility index (Phi) is 6.03. The Morgan fingerprint density at radius 1 is 1.00 bits per heavy atom. The van der Waals surface area contributed by atoms with E-state index in [1.54, 1.807) is 5.57 Å². The van der Waals surface area contributed by atoms with E-state index in [1.165, 1.54) is 66.9 Å². The molecule has 1 saturated carbocycles. The molecule has 1 aliphatic carbocycles. The summed E-state index contributed by atoms with van der Waals surface area (Å²) in [5.74, 6) is 0. The second-order valence-corrected chi connectivity index (χ2v) is 8.95. The predicted octanol–water partition coefficient (Wildman–Crippen LogP) is 5.67. The van der Waals surface area contributed by atoms with E-state index in [4.69, 9.17) is 4.74 Å². The lowest BCUT2D eigenvalue weighted by atomic mass is 9.96. The molecule has 0 radical (unpaired) electrons. The molecule has 3 heterocycles. The molecular formula is C21H27NOS2. The molecule has 0 unspecified atom stereocenters. The lowest BCUT2D eigenvalue weighted by Crippen LogP contribution is -2.34. The van der Waals surface area contributed by atoms with E-state index >= 15 is 0 Å². The molecule has 1 saturated heterocycles. The summed E-state index contributed by atoms with van der Waals surface area (Å²) >= 11 is 3.73. The van der Waals surface area contributed by atoms with E-state index in [9.17, 15) is 0 Å². The highest BCUT2D eigenvalue weighted by molar-refractivity contribution is 7.13. The van der Waals surface area contributed by atoms with E-state index in [1.807, 2.05) is 22.7 Å². The van der Waals surface area contributed by atoms with Gasteiger partial charge in [0.1, 0.15) is 0 Å². The summed E-state index contributed by atoms with van der Waals surface area (Å²) in [5.41, 5.74) is 3.14. The van der Waals surface area contributed by atoms with Crippen molar-refractivity contribution >= 4 is 28.2 Å². The van der Waals surface area contributed by atoms with Gasteiger partial charge in [0, 0.05) is 35.0 Å². The molecule has 4 rings (SSSR count). The molecule has 0 spiro atoms. The minimum atomic E-state index is 0.546. The molecule has 2 fully saturated rings. The highest BCUT2D eigenvalue weighted by Gasteiger charge is 2.21. The van der Waals surface area contributed by atoms with Crippen LogP contribution in [-0.2, 0) is 4.74 Å². The van der Waals surface area contributed by atoms with Crippen LogP contribution >= 0.6 is 22.7 Å². The van der Waals surface area contributed by atoms with Crippen LogP contribution in [0.2, 0.25) is 0 Å². The summed E-state index contributed by atoms with van der Waals surface area (Å²) in [6.07, 6.45) is 8.19. The van der Waals surface area contributed by atoms with Crippen LogP contribution in [0.25, 0.3) is 5.57 Å². The number of hydrogen-bond donors (Lipinski definition) is 0. The quantitative estimate of drug-likeness (QED) is 0.647. The van der Waals surface area contributed by atoms with Gasteiger partial charge in [-0.05, 0) is 48.6 Å². The Morgan fingerprint density at radius 3 is 2.20 bits per heavy atom. The molecule has 134 valence electrons. The largest absolute Gasteiger partial charge is 0.377 e. The average molecular weight is 374 g/mol. The summed E-state index contributed by atoms with van der Waals surface area (Å²) in [7, 11) is 0. The number of thiophene rings is 2. The number of nitrogens with zero attached hydrogens (tertiary/aromatic N) is 1. The average Bonchev–Trinajstić information content (AvgIpc) is 3.41. The standard InChI is InChI=1S/C21H27NOS2/c1-2-6-18(5-1)23-14-13-22-11-9-17(10-12-22)21(19-7-3-15-24-19)20-8-4-16-25-20/h3-4,7-8,15-16,18H,1-2,5-6,9-14H2. The molecule has 2 aromatic rings. The first kappa shape index (κ1) is 17.5. The second-order valence-electron chi connectivity index (χ2n) is 7.05. The van der Waals surface area contributed by atoms with Crippen molar-refractivity contribution in [3.05, 3.63) is 50.4 Å². The molecule has 0 atom stereocenters. The Hall–Kier alpha value is -0.940. The zero-order valence-electron chi connectivity index (χ0n) is 14.8. The van der Waals surface area contributed by atoms with Gasteiger partial charge < -0.3 is 9.64 Å². The number of hydrogen-bond acceptors (Lipinski definition) is 4. The van der Waals surface area contributed by atoms with Gasteiger partial charge in [0.2, 0.25) is 0 Å². The highest BCUT2D eigenvalue weighted by Crippen LogP contribution is 2.36. The minimum Gasteiger partial charge on any atom is -0.377 e. The van der Waals surface area contributed by atoms with E-state index in [-0.39, 0.29) is 0 Å². The van der Waals surface area contributed by atoms with Crippen molar-refractivity contribution in [2.75, 3.05) is 26.2 Å². The molecule has 0 aromatic carbocycles. The van der Waals surface area contributed by atoms with Crippen LogP contribution in [0.5, 0.6) is 0 Å². The molecule has 0 N–H and O–H groups in total. The first-order valence-corrected chi connectivity index (χ1v) is 11.3. The molecule has 2 nitrogen and oxygen atoms in total. The van der Waals surface area contributed by atoms with Crippen LogP contribution in [0.3, 0.4) is 0 Å². The van der Waals surface area contributed by atoms with Gasteiger partial charge in [-0.25, -0.2) is 0 Å². The first-order chi connectivity index (χ1) is 12.4. The molecule has 2 aromatic heterocycles. The summed E-state index contributed by atoms with van der Waals surface area (Å²) in [4.78, 5) is 5.43. The Bertz CT molecular complexity index is 623. The third kappa shape index (κ3) is 4.43. The van der Waals surface area contributed by atoms with E-state index in [0.717, 1.165) is 13.2 Å². The van der Waals surface area contributed by atoms with Crippen molar-refractivity contribution in [3.8, 4) is 0 Å². The third-order valence-corrected chi connectivity index (χ3v) is 7.19. The molecule has 0 bridgehead atoms. The summed E-state index contributed by atoms with van der Waals surface area (Å²) in [5, 5.41) is 4.39. The lowest BCUT2D eigenvalue weighted by molar-refractivity contribution is 0.0406. The molecule has 2 aliphatic rings. The van der Waals surface area contributed by atoms with Crippen LogP contribution in [0.4, 0.5) is 0 Å². The molecule has 1 aliphatic heterocycles. The van der Waals surface area contributed by atoms with Crippen molar-refractivity contribution < 1.29 is 4.74 Å². The maximum atomic E-state index is 6.05. The maximum absolute atomic E-state index is 6.05. The SMILES string of the molecule is c1csc(C(=C2CCN(CCOC3CCCC3)CC2)c2cccs2)c1. The first-order valence-electron chi connectivity index (χ1n) is 9.54. The number of piperidine rings is 1. The summed E-state index contributed by atoms with van der Waals surface area (Å²) < 4.78 is 6.05. The van der Waals surface area contributed by atoms with Gasteiger partial charge in [0.15, 0.2) is 0 Å². The van der Waals surface area contributed by atoms with Crippen molar-refractivity contribution in [3.63, 3.8) is 0 Å². The van der Waals surface area contributed by atoms with Crippen LogP contribution in [0.15, 0.2) is 40.6 Å². The van der Waals surface area contributed by atoms with Gasteiger partial charge in [-0.15, -0.1) is 22.7 Å². The van der Waals surface area contributed by atoms with Gasteiger partial charge >= 0.3 is 0 Å². The predicted molar refractivity (Wildman–Crippen MR) is 109 cm³/mol. The number of rotatable bonds is 6. The fourth-order valence-electron chi connectivity index (χ4n) is 4.01.